The first-order valence-corrected chi connectivity index (χ1v) is 6.30. The number of phenolic OH excluding ortho intramolecular Hbond substituents is 1. The van der Waals surface area contributed by atoms with Crippen LogP contribution >= 0.6 is 0 Å². The smallest absolute Gasteiger partial charge is 0.498 e. The summed E-state index contributed by atoms with van der Waals surface area (Å²) in [5.41, 5.74) is 2.12. The summed E-state index contributed by atoms with van der Waals surface area (Å²) >= 11 is 0. The Morgan fingerprint density at radius 1 is 0.944 bits per heavy atom. The molecule has 0 unspecified atom stereocenters. The summed E-state index contributed by atoms with van der Waals surface area (Å²) in [6, 6.07) is 3.70. The molecule has 1 aromatic rings. The van der Waals surface area contributed by atoms with Crippen LogP contribution in [-0.4, -0.2) is 23.4 Å². The van der Waals surface area contributed by atoms with Gasteiger partial charge in [-0.1, -0.05) is 6.07 Å². The summed E-state index contributed by atoms with van der Waals surface area (Å²) in [7, 11) is -0.505. The highest BCUT2D eigenvalue weighted by Crippen LogP contribution is 2.37. The molecule has 1 fully saturated rings. The van der Waals surface area contributed by atoms with Crippen molar-refractivity contribution in [1.29, 1.82) is 0 Å². The van der Waals surface area contributed by atoms with Crippen LogP contribution in [0.2, 0.25) is 0 Å². The summed E-state index contributed by atoms with van der Waals surface area (Å²) in [6.45, 7) is 12.0. The molecule has 0 atom stereocenters. The molecule has 3 nitrogen and oxygen atoms in total. The predicted molar refractivity (Wildman–Crippen MR) is 73.3 cm³/mol. The van der Waals surface area contributed by atoms with Gasteiger partial charge >= 0.3 is 7.12 Å². The van der Waals surface area contributed by atoms with Crippen molar-refractivity contribution in [2.75, 3.05) is 0 Å². The number of aryl methyl sites for hydroxylation is 2. The molecule has 0 spiro atoms. The molecule has 1 aliphatic rings. The number of hydrogen-bond donors (Lipinski definition) is 1. The minimum absolute atomic E-state index is 0.233. The van der Waals surface area contributed by atoms with Crippen molar-refractivity contribution in [2.24, 2.45) is 0 Å². The molecule has 1 N–H and O–H groups in total. The number of benzene rings is 1. The van der Waals surface area contributed by atoms with Crippen LogP contribution in [0.25, 0.3) is 0 Å². The molecule has 1 aromatic carbocycles. The first-order chi connectivity index (χ1) is 8.14. The molecule has 1 saturated heterocycles. The molecule has 18 heavy (non-hydrogen) atoms. The van der Waals surface area contributed by atoms with E-state index in [4.69, 9.17) is 9.31 Å². The fourth-order valence-corrected chi connectivity index (χ4v) is 1.98. The van der Waals surface area contributed by atoms with Gasteiger partial charge in [0.2, 0.25) is 0 Å². The Kier molecular flexibility index (Phi) is 2.99. The van der Waals surface area contributed by atoms with Gasteiger partial charge in [0.15, 0.2) is 0 Å². The van der Waals surface area contributed by atoms with E-state index in [1.165, 1.54) is 0 Å². The van der Waals surface area contributed by atoms with E-state index >= 15 is 0 Å². The maximum Gasteiger partial charge on any atom is 0.498 e. The Morgan fingerprint density at radius 3 is 1.89 bits per heavy atom. The second kappa shape index (κ2) is 4.00. The zero-order chi connectivity index (χ0) is 13.7. The molecule has 0 aromatic heterocycles. The minimum Gasteiger partial charge on any atom is -0.508 e. The lowest BCUT2D eigenvalue weighted by atomic mass is 9.77. The van der Waals surface area contributed by atoms with E-state index in [1.807, 2.05) is 47.6 Å². The Morgan fingerprint density at radius 2 is 1.39 bits per heavy atom. The first kappa shape index (κ1) is 13.4. The van der Waals surface area contributed by atoms with Crippen LogP contribution in [0.15, 0.2) is 12.1 Å². The summed E-state index contributed by atoms with van der Waals surface area (Å²) in [6.07, 6.45) is 0. The highest BCUT2D eigenvalue weighted by molar-refractivity contribution is 6.63. The second-order valence-electron chi connectivity index (χ2n) is 6.08. The monoisotopic (exact) mass is 248 g/mol. The van der Waals surface area contributed by atoms with Gasteiger partial charge in [-0.25, -0.2) is 0 Å². The first-order valence-electron chi connectivity index (χ1n) is 6.30. The van der Waals surface area contributed by atoms with Crippen molar-refractivity contribution in [3.05, 3.63) is 23.3 Å². The Hall–Kier alpha value is -0.995. The SMILES string of the molecule is Cc1cc(O)c(B2OC(C)(C)C(C)(C)O2)cc1C. The fourth-order valence-electron chi connectivity index (χ4n) is 1.98. The lowest BCUT2D eigenvalue weighted by molar-refractivity contribution is 0.00578. The van der Waals surface area contributed by atoms with Gasteiger partial charge in [-0.2, -0.15) is 0 Å². The van der Waals surface area contributed by atoms with Gasteiger partial charge in [0.05, 0.1) is 11.2 Å². The predicted octanol–water partition coefficient (Wildman–Crippen LogP) is 2.31. The van der Waals surface area contributed by atoms with Crippen molar-refractivity contribution in [3.63, 3.8) is 0 Å². The van der Waals surface area contributed by atoms with Gasteiger partial charge in [-0.3, -0.25) is 0 Å². The summed E-state index contributed by atoms with van der Waals surface area (Å²) in [5.74, 6) is 0.233. The van der Waals surface area contributed by atoms with Gasteiger partial charge < -0.3 is 14.4 Å². The average molecular weight is 248 g/mol. The maximum absolute atomic E-state index is 10.1. The number of phenols is 1. The van der Waals surface area contributed by atoms with Gasteiger partial charge in [0.25, 0.3) is 0 Å². The zero-order valence-electron chi connectivity index (χ0n) is 12.0. The quantitative estimate of drug-likeness (QED) is 0.775. The molecule has 1 heterocycles. The Balaban J connectivity index is 2.38. The van der Waals surface area contributed by atoms with Crippen LogP contribution in [0, 0.1) is 13.8 Å². The van der Waals surface area contributed by atoms with Crippen molar-refractivity contribution >= 4 is 12.6 Å². The topological polar surface area (TPSA) is 38.7 Å². The average Bonchev–Trinajstić information content (AvgIpc) is 2.42. The van der Waals surface area contributed by atoms with Crippen LogP contribution in [0.3, 0.4) is 0 Å². The fraction of sp³-hybridized carbons (Fsp3) is 0.571. The highest BCUT2D eigenvalue weighted by Gasteiger charge is 2.52. The Labute approximate surface area is 109 Å². The molecule has 0 aliphatic carbocycles. The highest BCUT2D eigenvalue weighted by atomic mass is 16.7. The van der Waals surface area contributed by atoms with Crippen molar-refractivity contribution in [3.8, 4) is 5.75 Å². The van der Waals surface area contributed by atoms with Crippen LogP contribution < -0.4 is 5.46 Å². The molecule has 2 rings (SSSR count). The second-order valence-corrected chi connectivity index (χ2v) is 6.08. The third-order valence-electron chi connectivity index (χ3n) is 4.15. The summed E-state index contributed by atoms with van der Waals surface area (Å²) in [5, 5.41) is 10.1. The lowest BCUT2D eigenvalue weighted by Gasteiger charge is -2.32. The summed E-state index contributed by atoms with van der Waals surface area (Å²) in [4.78, 5) is 0. The molecule has 1 aliphatic heterocycles. The van der Waals surface area contributed by atoms with E-state index in [1.54, 1.807) is 6.07 Å². The maximum atomic E-state index is 10.1. The molecule has 0 bridgehead atoms. The van der Waals surface area contributed by atoms with Crippen LogP contribution in [0.1, 0.15) is 38.8 Å². The van der Waals surface area contributed by atoms with E-state index in [0.29, 0.717) is 5.46 Å². The van der Waals surface area contributed by atoms with Gasteiger partial charge in [0, 0.05) is 5.46 Å². The van der Waals surface area contributed by atoms with Crippen LogP contribution in [0.4, 0.5) is 0 Å². The summed E-state index contributed by atoms with van der Waals surface area (Å²) < 4.78 is 11.9. The molecular formula is C14H21BO3. The molecular weight excluding hydrogens is 227 g/mol. The number of hydrogen-bond acceptors (Lipinski definition) is 3. The number of rotatable bonds is 1. The molecule has 0 amide bonds. The van der Waals surface area contributed by atoms with Crippen LogP contribution in [-0.2, 0) is 9.31 Å². The molecule has 98 valence electrons. The van der Waals surface area contributed by atoms with E-state index in [-0.39, 0.29) is 17.0 Å². The Bertz CT molecular complexity index is 464. The third kappa shape index (κ3) is 2.04. The normalized spacial score (nSPS) is 21.3. The van der Waals surface area contributed by atoms with E-state index in [9.17, 15) is 5.11 Å². The zero-order valence-corrected chi connectivity index (χ0v) is 12.0. The third-order valence-corrected chi connectivity index (χ3v) is 4.15. The van der Waals surface area contributed by atoms with Crippen molar-refractivity contribution in [1.82, 2.24) is 0 Å². The van der Waals surface area contributed by atoms with Crippen LogP contribution in [0.5, 0.6) is 5.75 Å². The van der Waals surface area contributed by atoms with E-state index in [0.717, 1.165) is 11.1 Å². The molecule has 0 saturated carbocycles. The largest absolute Gasteiger partial charge is 0.508 e. The van der Waals surface area contributed by atoms with E-state index < -0.39 is 7.12 Å². The van der Waals surface area contributed by atoms with Crippen molar-refractivity contribution < 1.29 is 14.4 Å². The van der Waals surface area contributed by atoms with Gasteiger partial charge in [0.1, 0.15) is 5.75 Å². The number of aromatic hydroxyl groups is 1. The van der Waals surface area contributed by atoms with Gasteiger partial charge in [-0.05, 0) is 58.7 Å². The lowest BCUT2D eigenvalue weighted by Crippen LogP contribution is -2.41. The van der Waals surface area contributed by atoms with E-state index in [2.05, 4.69) is 0 Å². The van der Waals surface area contributed by atoms with Crippen molar-refractivity contribution in [2.45, 2.75) is 52.7 Å². The standard InChI is InChI=1S/C14H21BO3/c1-9-7-11(12(16)8-10(9)2)15-17-13(3,4)14(5,6)18-15/h7-8,16H,1-6H3. The molecule has 0 radical (unpaired) electrons. The van der Waals surface area contributed by atoms with Gasteiger partial charge in [-0.15, -0.1) is 0 Å². The molecule has 4 heteroatoms. The minimum atomic E-state index is -0.505.